The number of nitrogens with one attached hydrogen (secondary N) is 2. The molecule has 0 radical (unpaired) electrons. The summed E-state index contributed by atoms with van der Waals surface area (Å²) in [5.41, 5.74) is -1.02. The Morgan fingerprint density at radius 2 is 2.03 bits per heavy atom. The summed E-state index contributed by atoms with van der Waals surface area (Å²) < 4.78 is 55.6. The van der Waals surface area contributed by atoms with E-state index in [4.69, 9.17) is 25.8 Å². The quantitative estimate of drug-likeness (QED) is 0.659. The van der Waals surface area contributed by atoms with Gasteiger partial charge in [0, 0.05) is 31.5 Å². The molecule has 2 aromatic rings. The van der Waals surface area contributed by atoms with E-state index in [1.807, 2.05) is 0 Å². The number of anilines is 2. The molecule has 31 heavy (non-hydrogen) atoms. The fourth-order valence-electron chi connectivity index (χ4n) is 2.89. The number of amides is 1. The fraction of sp³-hybridized carbons (Fsp3) is 0.421. The molecule has 2 heterocycles. The molecule has 1 saturated heterocycles. The molecule has 0 bridgehead atoms. The van der Waals surface area contributed by atoms with Gasteiger partial charge in [0.2, 0.25) is 5.95 Å². The monoisotopic (exact) mass is 460 g/mol. The standard InChI is InChI=1S/C19H20ClF3N4O4/c1-29-14-8-12(2-3-13(14)20)26-17-24-10-15(16(27-17)19(21,22)23)31-18(28)25-9-11-4-6-30-7-5-11/h2-3,8,10-11H,4-7,9H2,1H3,(H,25,28)(H,24,26,27). The number of carbonyl (C=O) groups excluding carboxylic acids is 1. The average molecular weight is 461 g/mol. The first kappa shape index (κ1) is 22.9. The number of carbonyl (C=O) groups is 1. The van der Waals surface area contributed by atoms with Gasteiger partial charge in [-0.25, -0.2) is 14.8 Å². The Morgan fingerprint density at radius 3 is 2.71 bits per heavy atom. The van der Waals surface area contributed by atoms with Crippen molar-refractivity contribution in [2.24, 2.45) is 5.92 Å². The Hall–Kier alpha value is -2.79. The third-order valence-corrected chi connectivity index (χ3v) is 4.82. The van der Waals surface area contributed by atoms with E-state index in [9.17, 15) is 18.0 Å². The third-order valence-electron chi connectivity index (χ3n) is 4.51. The molecule has 0 spiro atoms. The van der Waals surface area contributed by atoms with Crippen molar-refractivity contribution >= 4 is 29.3 Å². The molecule has 168 valence electrons. The van der Waals surface area contributed by atoms with E-state index < -0.39 is 23.7 Å². The summed E-state index contributed by atoms with van der Waals surface area (Å²) in [5, 5.41) is 5.44. The Morgan fingerprint density at radius 1 is 1.29 bits per heavy atom. The number of alkyl halides is 3. The predicted molar refractivity (Wildman–Crippen MR) is 106 cm³/mol. The van der Waals surface area contributed by atoms with Gasteiger partial charge in [-0.15, -0.1) is 0 Å². The number of rotatable bonds is 6. The van der Waals surface area contributed by atoms with Gasteiger partial charge in [-0.05, 0) is 30.9 Å². The summed E-state index contributed by atoms with van der Waals surface area (Å²) in [6, 6.07) is 4.51. The Bertz CT molecular complexity index is 924. The lowest BCUT2D eigenvalue weighted by Crippen LogP contribution is -2.34. The molecule has 1 aliphatic rings. The van der Waals surface area contributed by atoms with Crippen LogP contribution in [0.2, 0.25) is 5.02 Å². The van der Waals surface area contributed by atoms with Gasteiger partial charge in [-0.1, -0.05) is 11.6 Å². The number of aromatic nitrogens is 2. The molecule has 1 amide bonds. The number of nitrogens with zero attached hydrogens (tertiary/aromatic N) is 2. The highest BCUT2D eigenvalue weighted by molar-refractivity contribution is 6.32. The highest BCUT2D eigenvalue weighted by Gasteiger charge is 2.38. The molecule has 1 aromatic carbocycles. The van der Waals surface area contributed by atoms with E-state index in [2.05, 4.69) is 20.6 Å². The summed E-state index contributed by atoms with van der Waals surface area (Å²) in [5.74, 6) is -0.630. The Balaban J connectivity index is 1.71. The molecule has 2 N–H and O–H groups in total. The van der Waals surface area contributed by atoms with Crippen LogP contribution in [0.1, 0.15) is 18.5 Å². The van der Waals surface area contributed by atoms with Crippen LogP contribution in [0, 0.1) is 5.92 Å². The molecular weight excluding hydrogens is 441 g/mol. The van der Waals surface area contributed by atoms with Crippen LogP contribution in [-0.4, -0.2) is 42.9 Å². The molecular formula is C19H20ClF3N4O4. The predicted octanol–water partition coefficient (Wildman–Crippen LogP) is 4.42. The number of halogens is 4. The minimum atomic E-state index is -4.87. The van der Waals surface area contributed by atoms with Crippen LogP contribution in [0.25, 0.3) is 0 Å². The number of ether oxygens (including phenoxy) is 3. The normalized spacial score (nSPS) is 14.7. The highest BCUT2D eigenvalue weighted by atomic mass is 35.5. The smallest absolute Gasteiger partial charge is 0.437 e. The average Bonchev–Trinajstić information content (AvgIpc) is 2.74. The molecule has 0 atom stereocenters. The van der Waals surface area contributed by atoms with E-state index in [0.717, 1.165) is 19.0 Å². The zero-order valence-corrected chi connectivity index (χ0v) is 17.2. The van der Waals surface area contributed by atoms with Gasteiger partial charge < -0.3 is 24.8 Å². The van der Waals surface area contributed by atoms with Crippen LogP contribution < -0.4 is 20.1 Å². The van der Waals surface area contributed by atoms with E-state index in [0.29, 0.717) is 29.7 Å². The first-order valence-corrected chi connectivity index (χ1v) is 9.72. The van der Waals surface area contributed by atoms with E-state index in [-0.39, 0.29) is 18.4 Å². The molecule has 0 unspecified atom stereocenters. The van der Waals surface area contributed by atoms with E-state index in [1.165, 1.54) is 25.3 Å². The second-order valence-corrected chi connectivity index (χ2v) is 7.11. The summed E-state index contributed by atoms with van der Waals surface area (Å²) >= 11 is 5.94. The third kappa shape index (κ3) is 6.34. The van der Waals surface area contributed by atoms with E-state index >= 15 is 0 Å². The Kier molecular flexibility index (Phi) is 7.39. The van der Waals surface area contributed by atoms with Crippen molar-refractivity contribution in [2.75, 3.05) is 32.2 Å². The van der Waals surface area contributed by atoms with Crippen molar-refractivity contribution in [3.63, 3.8) is 0 Å². The van der Waals surface area contributed by atoms with Crippen molar-refractivity contribution < 1.29 is 32.2 Å². The van der Waals surface area contributed by atoms with E-state index in [1.54, 1.807) is 0 Å². The first-order chi connectivity index (χ1) is 14.8. The maximum absolute atomic E-state index is 13.5. The molecule has 0 aliphatic carbocycles. The van der Waals surface area contributed by atoms with Crippen LogP contribution in [0.4, 0.5) is 29.6 Å². The fourth-order valence-corrected chi connectivity index (χ4v) is 3.08. The summed E-state index contributed by atoms with van der Waals surface area (Å²) in [6.45, 7) is 1.45. The van der Waals surface area contributed by atoms with Crippen molar-refractivity contribution in [1.29, 1.82) is 0 Å². The summed E-state index contributed by atoms with van der Waals surface area (Å²) in [4.78, 5) is 19.3. The van der Waals surface area contributed by atoms with Gasteiger partial charge in [0.1, 0.15) is 5.75 Å². The van der Waals surface area contributed by atoms with Gasteiger partial charge >= 0.3 is 12.3 Å². The first-order valence-electron chi connectivity index (χ1n) is 9.34. The van der Waals surface area contributed by atoms with Gasteiger partial charge in [-0.3, -0.25) is 0 Å². The van der Waals surface area contributed by atoms with Crippen molar-refractivity contribution in [1.82, 2.24) is 15.3 Å². The number of methoxy groups -OCH3 is 1. The molecule has 1 aliphatic heterocycles. The lowest BCUT2D eigenvalue weighted by atomic mass is 10.0. The number of hydrogen-bond acceptors (Lipinski definition) is 7. The van der Waals surface area contributed by atoms with Gasteiger partial charge in [0.05, 0.1) is 18.3 Å². The molecule has 1 fully saturated rings. The van der Waals surface area contributed by atoms with Crippen molar-refractivity contribution in [2.45, 2.75) is 19.0 Å². The topological polar surface area (TPSA) is 94.6 Å². The van der Waals surface area contributed by atoms with Gasteiger partial charge in [-0.2, -0.15) is 13.2 Å². The lowest BCUT2D eigenvalue weighted by molar-refractivity contribution is -0.142. The second kappa shape index (κ2) is 10.0. The molecule has 8 nitrogen and oxygen atoms in total. The van der Waals surface area contributed by atoms with Gasteiger partial charge in [0.15, 0.2) is 11.4 Å². The molecule has 3 rings (SSSR count). The van der Waals surface area contributed by atoms with Crippen LogP contribution in [-0.2, 0) is 10.9 Å². The second-order valence-electron chi connectivity index (χ2n) is 6.70. The summed E-state index contributed by atoms with van der Waals surface area (Å²) in [6.07, 6.45) is -3.57. The minimum Gasteiger partial charge on any atom is -0.495 e. The molecule has 0 saturated carbocycles. The number of benzene rings is 1. The van der Waals surface area contributed by atoms with Crippen LogP contribution in [0.5, 0.6) is 11.5 Å². The van der Waals surface area contributed by atoms with Crippen LogP contribution in [0.3, 0.4) is 0 Å². The highest BCUT2D eigenvalue weighted by Crippen LogP contribution is 2.35. The van der Waals surface area contributed by atoms with Crippen molar-refractivity contribution in [3.8, 4) is 11.5 Å². The lowest BCUT2D eigenvalue weighted by Gasteiger charge is -2.22. The Labute approximate surface area is 181 Å². The zero-order chi connectivity index (χ0) is 22.4. The SMILES string of the molecule is COc1cc(Nc2ncc(OC(=O)NCC3CCOCC3)c(C(F)(F)F)n2)ccc1Cl. The molecule has 12 heteroatoms. The minimum absolute atomic E-state index is 0.183. The molecule has 1 aromatic heterocycles. The number of hydrogen-bond donors (Lipinski definition) is 2. The largest absolute Gasteiger partial charge is 0.495 e. The summed E-state index contributed by atoms with van der Waals surface area (Å²) in [7, 11) is 1.41. The van der Waals surface area contributed by atoms with Crippen LogP contribution >= 0.6 is 11.6 Å². The van der Waals surface area contributed by atoms with Gasteiger partial charge in [0.25, 0.3) is 0 Å². The zero-order valence-electron chi connectivity index (χ0n) is 16.5. The van der Waals surface area contributed by atoms with Crippen molar-refractivity contribution in [3.05, 3.63) is 35.1 Å². The van der Waals surface area contributed by atoms with Crippen LogP contribution in [0.15, 0.2) is 24.4 Å². The maximum atomic E-state index is 13.5. The maximum Gasteiger partial charge on any atom is 0.437 e.